The Hall–Kier alpha value is -2.21. The number of benzene rings is 1. The van der Waals surface area contributed by atoms with Crippen LogP contribution in [0.15, 0.2) is 18.2 Å². The molecule has 0 bridgehead atoms. The van der Waals surface area contributed by atoms with Crippen LogP contribution in [-0.4, -0.2) is 23.3 Å². The number of nitrogens with zero attached hydrogens (tertiary/aromatic N) is 1. The topological polar surface area (TPSA) is 79.3 Å². The molecule has 0 aliphatic heterocycles. The van der Waals surface area contributed by atoms with Gasteiger partial charge in [0.15, 0.2) is 11.6 Å². The van der Waals surface area contributed by atoms with E-state index in [9.17, 15) is 14.7 Å². The second-order valence-corrected chi connectivity index (χ2v) is 7.63. The second kappa shape index (κ2) is 6.73. The maximum absolute atomic E-state index is 12.3. The summed E-state index contributed by atoms with van der Waals surface area (Å²) in [7, 11) is 0. The molecule has 0 saturated carbocycles. The summed E-state index contributed by atoms with van der Waals surface area (Å²) in [5.74, 6) is -0.982. The molecule has 0 radical (unpaired) electrons. The maximum Gasteiger partial charge on any atom is 0.228 e. The van der Waals surface area contributed by atoms with Crippen LogP contribution in [0.3, 0.4) is 0 Å². The summed E-state index contributed by atoms with van der Waals surface area (Å²) in [6, 6.07) is 5.87. The summed E-state index contributed by atoms with van der Waals surface area (Å²) in [6.45, 7) is 9.51. The van der Waals surface area contributed by atoms with E-state index in [0.29, 0.717) is 5.75 Å². The smallest absolute Gasteiger partial charge is 0.228 e. The zero-order valence-electron chi connectivity index (χ0n) is 14.4. The van der Waals surface area contributed by atoms with Crippen molar-refractivity contribution in [2.75, 3.05) is 6.61 Å². The molecule has 2 rings (SSSR count). The van der Waals surface area contributed by atoms with E-state index in [1.807, 2.05) is 25.1 Å². The molecule has 1 heterocycles. The van der Waals surface area contributed by atoms with Gasteiger partial charge in [0, 0.05) is 0 Å². The number of aromatic nitrogens is 1. The molecule has 0 aliphatic rings. The standard InChI is InChI=1S/C18H21NO4S/c1-10-7-6-8-12(18(3,4)5)14(10)23-9-13(20)16-19-11(2)15(24-16)17(21)22/h6-8H,9H2,1-5H3,(H,21,22)/p-1. The van der Waals surface area contributed by atoms with E-state index in [1.165, 1.54) is 0 Å². The van der Waals surface area contributed by atoms with E-state index in [4.69, 9.17) is 4.74 Å². The summed E-state index contributed by atoms with van der Waals surface area (Å²) < 4.78 is 5.77. The highest BCUT2D eigenvalue weighted by Crippen LogP contribution is 2.33. The number of aryl methyl sites for hydroxylation is 2. The van der Waals surface area contributed by atoms with Crippen molar-refractivity contribution in [2.45, 2.75) is 40.0 Å². The zero-order valence-corrected chi connectivity index (χ0v) is 15.2. The first-order valence-electron chi connectivity index (χ1n) is 7.56. The van der Waals surface area contributed by atoms with Crippen LogP contribution in [0.2, 0.25) is 0 Å². The Balaban J connectivity index is 2.21. The molecule has 1 aromatic carbocycles. The van der Waals surface area contributed by atoms with E-state index in [1.54, 1.807) is 6.92 Å². The number of ketones is 1. The maximum atomic E-state index is 12.3. The number of Topliss-reactive ketones (excluding diaryl/α,β-unsaturated/α-hetero) is 1. The molecular formula is C18H20NO4S-. The molecule has 1 aromatic heterocycles. The van der Waals surface area contributed by atoms with Gasteiger partial charge < -0.3 is 14.6 Å². The third kappa shape index (κ3) is 3.82. The molecule has 0 spiro atoms. The van der Waals surface area contributed by atoms with Crippen LogP contribution in [0.25, 0.3) is 0 Å². The Labute approximate surface area is 145 Å². The Morgan fingerprint density at radius 1 is 1.25 bits per heavy atom. The van der Waals surface area contributed by atoms with E-state index in [0.717, 1.165) is 22.5 Å². The number of carboxylic acid groups (broad SMARTS) is 1. The predicted molar refractivity (Wildman–Crippen MR) is 90.9 cm³/mol. The van der Waals surface area contributed by atoms with Gasteiger partial charge in [0.05, 0.1) is 16.5 Å². The number of carboxylic acids is 1. The van der Waals surface area contributed by atoms with Crippen molar-refractivity contribution >= 4 is 23.1 Å². The van der Waals surface area contributed by atoms with E-state index >= 15 is 0 Å². The fourth-order valence-corrected chi connectivity index (χ4v) is 3.16. The highest BCUT2D eigenvalue weighted by atomic mass is 32.1. The van der Waals surface area contributed by atoms with Crippen LogP contribution in [0.4, 0.5) is 0 Å². The normalized spacial score (nSPS) is 11.4. The van der Waals surface area contributed by atoms with Gasteiger partial charge in [-0.2, -0.15) is 0 Å². The highest BCUT2D eigenvalue weighted by molar-refractivity contribution is 7.15. The van der Waals surface area contributed by atoms with E-state index in [2.05, 4.69) is 25.8 Å². The number of carbonyl (C=O) groups excluding carboxylic acids is 2. The van der Waals surface area contributed by atoms with E-state index < -0.39 is 5.97 Å². The average molecular weight is 346 g/mol. The van der Waals surface area contributed by atoms with Gasteiger partial charge in [-0.25, -0.2) is 4.98 Å². The average Bonchev–Trinajstić information content (AvgIpc) is 2.86. The van der Waals surface area contributed by atoms with Crippen LogP contribution in [-0.2, 0) is 5.41 Å². The molecule has 0 amide bonds. The van der Waals surface area contributed by atoms with Gasteiger partial charge in [0.25, 0.3) is 0 Å². The van der Waals surface area contributed by atoms with Crippen LogP contribution in [0, 0.1) is 13.8 Å². The van der Waals surface area contributed by atoms with Crippen LogP contribution >= 0.6 is 11.3 Å². The molecule has 0 atom stereocenters. The van der Waals surface area contributed by atoms with Gasteiger partial charge in [-0.3, -0.25) is 4.79 Å². The van der Waals surface area contributed by atoms with Crippen molar-refractivity contribution in [3.05, 3.63) is 44.9 Å². The molecule has 24 heavy (non-hydrogen) atoms. The molecule has 2 aromatic rings. The van der Waals surface area contributed by atoms with Crippen molar-refractivity contribution in [3.8, 4) is 5.75 Å². The number of aromatic carboxylic acids is 1. The summed E-state index contributed by atoms with van der Waals surface area (Å²) in [6.07, 6.45) is 0. The minimum Gasteiger partial charge on any atom is -0.544 e. The number of hydrogen-bond donors (Lipinski definition) is 0. The summed E-state index contributed by atoms with van der Waals surface area (Å²) in [5.41, 5.74) is 2.13. The van der Waals surface area contributed by atoms with Crippen LogP contribution in [0.5, 0.6) is 5.75 Å². The van der Waals surface area contributed by atoms with Crippen LogP contribution < -0.4 is 9.84 Å². The molecule has 5 nitrogen and oxygen atoms in total. The van der Waals surface area contributed by atoms with Crippen LogP contribution in [0.1, 0.15) is 57.1 Å². The molecular weight excluding hydrogens is 326 g/mol. The van der Waals surface area contributed by atoms with Gasteiger partial charge in [0.2, 0.25) is 5.78 Å². The minimum absolute atomic E-state index is 0.0235. The molecule has 0 aliphatic carbocycles. The molecule has 0 saturated heterocycles. The SMILES string of the molecule is Cc1cccc(C(C)(C)C)c1OCC(=O)c1nc(C)c(C(=O)[O-])s1. The summed E-state index contributed by atoms with van der Waals surface area (Å²) in [4.78, 5) is 27.2. The van der Waals surface area contributed by atoms with Crippen molar-refractivity contribution in [1.82, 2.24) is 4.98 Å². The predicted octanol–water partition coefficient (Wildman–Crippen LogP) is 2.68. The van der Waals surface area contributed by atoms with Crippen molar-refractivity contribution < 1.29 is 19.4 Å². The third-order valence-corrected chi connectivity index (χ3v) is 4.77. The fraction of sp³-hybridized carbons (Fsp3) is 0.389. The summed E-state index contributed by atoms with van der Waals surface area (Å²) >= 11 is 0.822. The van der Waals surface area contributed by atoms with Gasteiger partial charge in [-0.15, -0.1) is 11.3 Å². The lowest BCUT2D eigenvalue weighted by molar-refractivity contribution is -0.254. The monoisotopic (exact) mass is 346 g/mol. The number of ether oxygens (including phenoxy) is 1. The Morgan fingerprint density at radius 2 is 1.92 bits per heavy atom. The van der Waals surface area contributed by atoms with Crippen molar-refractivity contribution in [2.24, 2.45) is 0 Å². The molecule has 0 N–H and O–H groups in total. The third-order valence-electron chi connectivity index (χ3n) is 3.59. The van der Waals surface area contributed by atoms with Gasteiger partial charge >= 0.3 is 0 Å². The number of carbonyl (C=O) groups is 2. The fourth-order valence-electron chi connectivity index (χ4n) is 2.34. The van der Waals surface area contributed by atoms with E-state index in [-0.39, 0.29) is 33.4 Å². The first kappa shape index (κ1) is 18.1. The Kier molecular flexibility index (Phi) is 5.08. The molecule has 128 valence electrons. The van der Waals surface area contributed by atoms with Gasteiger partial charge in [-0.1, -0.05) is 39.0 Å². The van der Waals surface area contributed by atoms with Crippen molar-refractivity contribution in [1.29, 1.82) is 0 Å². The quantitative estimate of drug-likeness (QED) is 0.778. The summed E-state index contributed by atoms with van der Waals surface area (Å²) in [5, 5.41) is 11.1. The number of rotatable bonds is 5. The van der Waals surface area contributed by atoms with Gasteiger partial charge in [-0.05, 0) is 30.4 Å². The number of thiazole rings is 1. The van der Waals surface area contributed by atoms with Crippen molar-refractivity contribution in [3.63, 3.8) is 0 Å². The minimum atomic E-state index is -1.32. The number of hydrogen-bond acceptors (Lipinski definition) is 6. The molecule has 6 heteroatoms. The first-order valence-corrected chi connectivity index (χ1v) is 8.37. The second-order valence-electron chi connectivity index (χ2n) is 6.63. The molecule has 0 fully saturated rings. The highest BCUT2D eigenvalue weighted by Gasteiger charge is 2.22. The Bertz CT molecular complexity index is 787. The lowest BCUT2D eigenvalue weighted by atomic mass is 9.85. The lowest BCUT2D eigenvalue weighted by Gasteiger charge is -2.23. The lowest BCUT2D eigenvalue weighted by Crippen LogP contribution is -2.21. The largest absolute Gasteiger partial charge is 0.544 e. The zero-order chi connectivity index (χ0) is 18.1. The molecule has 0 unspecified atom stereocenters. The van der Waals surface area contributed by atoms with Gasteiger partial charge in [0.1, 0.15) is 5.75 Å². The number of para-hydroxylation sites is 1. The Morgan fingerprint density at radius 3 is 2.46 bits per heavy atom. The first-order chi connectivity index (χ1) is 11.1.